The van der Waals surface area contributed by atoms with Crippen molar-refractivity contribution in [2.24, 2.45) is 5.92 Å². The number of rotatable bonds is 7. The smallest absolute Gasteiger partial charge is 0.338 e. The van der Waals surface area contributed by atoms with Crippen LogP contribution in [0.25, 0.3) is 10.8 Å². The Morgan fingerprint density at radius 3 is 2.40 bits per heavy atom. The van der Waals surface area contributed by atoms with Crippen molar-refractivity contribution in [3.8, 4) is 0 Å². The molecule has 0 radical (unpaired) electrons. The average Bonchev–Trinajstić information content (AvgIpc) is 3.52. The number of imide groups is 1. The highest BCUT2D eigenvalue weighted by Gasteiger charge is 2.57. The standard InChI is InChI=1S/C35H25Cl2N3O6S2/c1-2-46-34(44)19-13-15-20(16-14-19)40-31(42)27-26(22-10-6-11-23(36)28(22)37)30-33(47-29(27)32(40)43)39(35(45)48-30)17-25(41)38-24-12-5-8-18-7-3-4-9-21(18)24/h3-16,26-27,29H,2,17H2,1H3,(H,38,41)/t26-,27-,29+/m0/s1. The summed E-state index contributed by atoms with van der Waals surface area (Å²) in [4.78, 5) is 68.7. The van der Waals surface area contributed by atoms with Crippen LogP contribution in [-0.2, 0) is 25.7 Å². The number of ether oxygens (including phenoxy) is 1. The van der Waals surface area contributed by atoms with Crippen LogP contribution in [0, 0.1) is 5.92 Å². The van der Waals surface area contributed by atoms with E-state index in [4.69, 9.17) is 27.9 Å². The van der Waals surface area contributed by atoms with Crippen molar-refractivity contribution in [2.45, 2.75) is 29.7 Å². The number of nitrogens with zero attached hydrogens (tertiary/aromatic N) is 2. The lowest BCUT2D eigenvalue weighted by Gasteiger charge is -2.31. The molecule has 2 aliphatic rings. The Balaban J connectivity index is 1.27. The zero-order chi connectivity index (χ0) is 33.7. The van der Waals surface area contributed by atoms with Crippen LogP contribution in [0.15, 0.2) is 94.7 Å². The molecule has 13 heteroatoms. The van der Waals surface area contributed by atoms with Crippen molar-refractivity contribution in [1.82, 2.24) is 4.57 Å². The highest BCUT2D eigenvalue weighted by molar-refractivity contribution is 8.00. The maximum atomic E-state index is 14.2. The second-order valence-electron chi connectivity index (χ2n) is 11.2. The van der Waals surface area contributed by atoms with Crippen molar-refractivity contribution >= 4 is 92.1 Å². The summed E-state index contributed by atoms with van der Waals surface area (Å²) < 4.78 is 6.40. The number of fused-ring (bicyclic) bond motifs is 3. The second kappa shape index (κ2) is 12.9. The van der Waals surface area contributed by atoms with Gasteiger partial charge in [0.1, 0.15) is 11.8 Å². The van der Waals surface area contributed by atoms with E-state index in [1.54, 1.807) is 31.2 Å². The van der Waals surface area contributed by atoms with Crippen molar-refractivity contribution in [3.05, 3.63) is 121 Å². The fraction of sp³-hybridized carbons (Fsp3) is 0.171. The number of benzene rings is 4. The Kier molecular flexibility index (Phi) is 8.63. The molecule has 48 heavy (non-hydrogen) atoms. The van der Waals surface area contributed by atoms with E-state index in [2.05, 4.69) is 5.32 Å². The zero-order valence-corrected chi connectivity index (χ0v) is 28.3. The number of hydrogen-bond acceptors (Lipinski definition) is 8. The summed E-state index contributed by atoms with van der Waals surface area (Å²) in [5, 5.41) is 4.68. The van der Waals surface area contributed by atoms with Crippen LogP contribution in [0.1, 0.15) is 33.6 Å². The first-order valence-corrected chi connectivity index (χ1v) is 17.4. The van der Waals surface area contributed by atoms with Crippen molar-refractivity contribution in [1.29, 1.82) is 0 Å². The molecule has 0 spiro atoms. The SMILES string of the molecule is CCOC(=O)c1ccc(N2C(=O)[C@H]3[C@H](c4cccc(Cl)c4Cl)c4sc(=O)n(CC(=O)Nc5cccc6ccccc56)c4S[C@H]3C2=O)cc1. The number of thioether (sulfide) groups is 1. The molecule has 5 aromatic rings. The molecule has 3 heterocycles. The molecule has 0 bridgehead atoms. The van der Waals surface area contributed by atoms with E-state index in [1.165, 1.54) is 28.8 Å². The summed E-state index contributed by atoms with van der Waals surface area (Å²) in [6.45, 7) is 1.60. The predicted molar refractivity (Wildman–Crippen MR) is 187 cm³/mol. The predicted octanol–water partition coefficient (Wildman–Crippen LogP) is 6.98. The van der Waals surface area contributed by atoms with E-state index in [-0.39, 0.29) is 28.8 Å². The summed E-state index contributed by atoms with van der Waals surface area (Å²) in [7, 11) is 0. The summed E-state index contributed by atoms with van der Waals surface area (Å²) in [5.41, 5.74) is 1.67. The number of carbonyl (C=O) groups excluding carboxylic acids is 4. The molecule has 0 aliphatic carbocycles. The van der Waals surface area contributed by atoms with Crippen molar-refractivity contribution < 1.29 is 23.9 Å². The van der Waals surface area contributed by atoms with E-state index in [1.807, 2.05) is 36.4 Å². The number of thiazole rings is 1. The monoisotopic (exact) mass is 717 g/mol. The number of hydrogen-bond donors (Lipinski definition) is 1. The Hall–Kier alpha value is -4.42. The summed E-state index contributed by atoms with van der Waals surface area (Å²) in [5.74, 6) is -3.63. The lowest BCUT2D eigenvalue weighted by Crippen LogP contribution is -2.33. The number of halogens is 2. The van der Waals surface area contributed by atoms with E-state index >= 15 is 0 Å². The first-order valence-electron chi connectivity index (χ1n) is 14.9. The molecule has 9 nitrogen and oxygen atoms in total. The highest BCUT2D eigenvalue weighted by Crippen LogP contribution is 2.55. The molecule has 1 fully saturated rings. The molecule has 1 saturated heterocycles. The van der Waals surface area contributed by atoms with Crippen LogP contribution in [-0.4, -0.2) is 40.1 Å². The van der Waals surface area contributed by atoms with Gasteiger partial charge >= 0.3 is 10.8 Å². The van der Waals surface area contributed by atoms with Gasteiger partial charge in [0.15, 0.2) is 0 Å². The number of amides is 3. The Morgan fingerprint density at radius 1 is 0.896 bits per heavy atom. The normalized spacial score (nSPS) is 18.5. The lowest BCUT2D eigenvalue weighted by molar-refractivity contribution is -0.122. The molecule has 4 aromatic carbocycles. The third kappa shape index (κ3) is 5.50. The highest BCUT2D eigenvalue weighted by atomic mass is 35.5. The van der Waals surface area contributed by atoms with Crippen LogP contribution >= 0.6 is 46.3 Å². The molecule has 1 N–H and O–H groups in total. The molecular weight excluding hydrogens is 693 g/mol. The zero-order valence-electron chi connectivity index (χ0n) is 25.1. The van der Waals surface area contributed by atoms with Crippen LogP contribution in [0.5, 0.6) is 0 Å². The molecule has 0 saturated carbocycles. The number of esters is 1. The summed E-state index contributed by atoms with van der Waals surface area (Å²) >= 11 is 15.2. The molecule has 2 aliphatic heterocycles. The first kappa shape index (κ1) is 32.1. The van der Waals surface area contributed by atoms with Gasteiger partial charge in [0.05, 0.1) is 38.8 Å². The van der Waals surface area contributed by atoms with Gasteiger partial charge in [-0.25, -0.2) is 9.69 Å². The van der Waals surface area contributed by atoms with Gasteiger partial charge in [0, 0.05) is 21.9 Å². The van der Waals surface area contributed by atoms with Crippen LogP contribution in [0.4, 0.5) is 11.4 Å². The number of aromatic nitrogens is 1. The van der Waals surface area contributed by atoms with Crippen LogP contribution < -0.4 is 15.1 Å². The third-order valence-electron chi connectivity index (χ3n) is 8.37. The quantitative estimate of drug-likeness (QED) is 0.143. The van der Waals surface area contributed by atoms with Crippen LogP contribution in [0.2, 0.25) is 10.0 Å². The first-order chi connectivity index (χ1) is 23.2. The largest absolute Gasteiger partial charge is 0.462 e. The fourth-order valence-corrected chi connectivity index (χ4v) is 9.42. The molecule has 3 atom stereocenters. The minimum absolute atomic E-state index is 0.206. The van der Waals surface area contributed by atoms with Gasteiger partial charge in [-0.3, -0.25) is 23.7 Å². The Labute approximate surface area is 292 Å². The van der Waals surface area contributed by atoms with Gasteiger partial charge in [-0.15, -0.1) is 0 Å². The molecule has 3 amide bonds. The van der Waals surface area contributed by atoms with Crippen molar-refractivity contribution in [2.75, 3.05) is 16.8 Å². The number of nitrogens with one attached hydrogen (secondary N) is 1. The number of anilines is 2. The van der Waals surface area contributed by atoms with Gasteiger partial charge in [0.25, 0.3) is 0 Å². The Bertz CT molecular complexity index is 2190. The van der Waals surface area contributed by atoms with E-state index < -0.39 is 45.6 Å². The molecular formula is C35H25Cl2N3O6S2. The van der Waals surface area contributed by atoms with E-state index in [9.17, 15) is 24.0 Å². The maximum Gasteiger partial charge on any atom is 0.338 e. The minimum Gasteiger partial charge on any atom is -0.462 e. The van der Waals surface area contributed by atoms with Gasteiger partial charge in [-0.2, -0.15) is 0 Å². The topological polar surface area (TPSA) is 115 Å². The van der Waals surface area contributed by atoms with Gasteiger partial charge in [-0.05, 0) is 54.3 Å². The van der Waals surface area contributed by atoms with Gasteiger partial charge < -0.3 is 10.1 Å². The third-order valence-corrected chi connectivity index (χ3v) is 11.8. The van der Waals surface area contributed by atoms with Gasteiger partial charge in [0.2, 0.25) is 17.7 Å². The number of carbonyl (C=O) groups is 4. The molecule has 242 valence electrons. The maximum absolute atomic E-state index is 14.2. The molecule has 1 aromatic heterocycles. The fourth-order valence-electron chi connectivity index (χ4n) is 6.23. The average molecular weight is 719 g/mol. The molecule has 7 rings (SSSR count). The second-order valence-corrected chi connectivity index (χ2v) is 14.1. The Morgan fingerprint density at radius 2 is 1.62 bits per heavy atom. The van der Waals surface area contributed by atoms with E-state index in [0.717, 1.165) is 38.8 Å². The van der Waals surface area contributed by atoms with Crippen LogP contribution in [0.3, 0.4) is 0 Å². The minimum atomic E-state index is -0.934. The van der Waals surface area contributed by atoms with Crippen molar-refractivity contribution in [3.63, 3.8) is 0 Å². The lowest BCUT2D eigenvalue weighted by atomic mass is 9.83. The summed E-state index contributed by atoms with van der Waals surface area (Å²) in [6, 6.07) is 24.3. The molecule has 0 unspecified atom stereocenters. The summed E-state index contributed by atoms with van der Waals surface area (Å²) in [6.07, 6.45) is 0. The van der Waals surface area contributed by atoms with Gasteiger partial charge in [-0.1, -0.05) is 94.8 Å². The van der Waals surface area contributed by atoms with E-state index in [0.29, 0.717) is 26.8 Å².